The average molecular weight is 344 g/mol. The fraction of sp³-hybridized carbons (Fsp3) is 0.118. The normalized spacial score (nSPS) is 11.2. The largest absolute Gasteiger partial charge is 0.500 e. The van der Waals surface area contributed by atoms with Crippen LogP contribution in [-0.2, 0) is 4.79 Å². The van der Waals surface area contributed by atoms with Crippen LogP contribution in [0, 0.1) is 10.1 Å². The summed E-state index contributed by atoms with van der Waals surface area (Å²) in [6.45, 7) is 1.84. The number of phenolic OH excluding ortho intramolecular Hbond substituents is 1. The Labute approximate surface area is 142 Å². The van der Waals surface area contributed by atoms with Gasteiger partial charge in [0, 0.05) is 11.8 Å². The number of nitro benzene ring substituents is 1. The van der Waals surface area contributed by atoms with E-state index in [0.29, 0.717) is 11.3 Å². The maximum absolute atomic E-state index is 11.6. The molecule has 0 unspecified atom stereocenters. The van der Waals surface area contributed by atoms with E-state index in [2.05, 4.69) is 0 Å². The summed E-state index contributed by atoms with van der Waals surface area (Å²) in [5, 5.41) is 30.4. The molecular weight excluding hydrogens is 328 g/mol. The monoisotopic (exact) mass is 344 g/mol. The Hall–Kier alpha value is -3.55. The number of carboxylic acid groups (broad SMARTS) is 1. The molecule has 0 heterocycles. The Balaban J connectivity index is 2.61. The molecule has 0 bridgehead atoms. The van der Waals surface area contributed by atoms with E-state index in [0.717, 1.165) is 6.07 Å². The number of anilines is 1. The Morgan fingerprint density at radius 3 is 2.48 bits per heavy atom. The number of aromatic hydroxyl groups is 1. The molecule has 0 saturated carbocycles. The molecule has 0 aromatic heterocycles. The van der Waals surface area contributed by atoms with Gasteiger partial charge in [0.25, 0.3) is 0 Å². The number of ether oxygens (including phenoxy) is 1. The van der Waals surface area contributed by atoms with Crippen molar-refractivity contribution in [2.24, 2.45) is 0 Å². The highest BCUT2D eigenvalue weighted by molar-refractivity contribution is 6.20. The van der Waals surface area contributed by atoms with Crippen molar-refractivity contribution in [3.05, 3.63) is 57.6 Å². The molecule has 0 spiro atoms. The number of carbonyl (C=O) groups is 1. The Morgan fingerprint density at radius 1 is 1.32 bits per heavy atom. The number of hydrogen-bond donors (Lipinski definition) is 3. The lowest BCUT2D eigenvalue weighted by molar-refractivity contribution is -0.386. The SMILES string of the molecule is CCOc1cc(/C=C(\C(=O)O)c2ccc(N)cc2)cc([N+](=O)[O-])c1O. The van der Waals surface area contributed by atoms with E-state index in [1.165, 1.54) is 24.3 Å². The zero-order valence-corrected chi connectivity index (χ0v) is 13.3. The van der Waals surface area contributed by atoms with Gasteiger partial charge in [0.2, 0.25) is 5.75 Å². The first-order chi connectivity index (χ1) is 11.8. The summed E-state index contributed by atoms with van der Waals surface area (Å²) in [5.41, 5.74) is 6.02. The van der Waals surface area contributed by atoms with Crippen molar-refractivity contribution >= 4 is 29.0 Å². The molecule has 2 aromatic carbocycles. The average Bonchev–Trinajstić information content (AvgIpc) is 2.56. The molecule has 2 aromatic rings. The quantitative estimate of drug-likeness (QED) is 0.241. The predicted molar refractivity (Wildman–Crippen MR) is 92.3 cm³/mol. The van der Waals surface area contributed by atoms with E-state index in [1.807, 2.05) is 0 Å². The number of nitrogen functional groups attached to an aromatic ring is 1. The van der Waals surface area contributed by atoms with Crippen molar-refractivity contribution in [1.29, 1.82) is 0 Å². The molecule has 8 heteroatoms. The number of nitrogens with two attached hydrogens (primary N) is 1. The molecule has 0 amide bonds. The second-order valence-corrected chi connectivity index (χ2v) is 5.06. The first kappa shape index (κ1) is 17.8. The first-order valence-electron chi connectivity index (χ1n) is 7.28. The van der Waals surface area contributed by atoms with E-state index in [4.69, 9.17) is 10.5 Å². The van der Waals surface area contributed by atoms with Crippen molar-refractivity contribution < 1.29 is 24.7 Å². The van der Waals surface area contributed by atoms with Crippen LogP contribution in [0.1, 0.15) is 18.1 Å². The molecule has 0 aliphatic rings. The first-order valence-corrected chi connectivity index (χ1v) is 7.28. The van der Waals surface area contributed by atoms with Crippen LogP contribution in [0.5, 0.6) is 11.5 Å². The molecule has 0 atom stereocenters. The fourth-order valence-electron chi connectivity index (χ4n) is 2.20. The third-order valence-corrected chi connectivity index (χ3v) is 3.34. The van der Waals surface area contributed by atoms with Crippen molar-refractivity contribution in [2.75, 3.05) is 12.3 Å². The van der Waals surface area contributed by atoms with Crippen LogP contribution >= 0.6 is 0 Å². The zero-order chi connectivity index (χ0) is 18.6. The molecule has 2 rings (SSSR count). The lowest BCUT2D eigenvalue weighted by Gasteiger charge is -2.08. The number of rotatable bonds is 6. The van der Waals surface area contributed by atoms with Gasteiger partial charge >= 0.3 is 11.7 Å². The standard InChI is InChI=1S/C17H16N2O6/c1-2-25-15-9-10(8-14(16(15)20)19(23)24)7-13(17(21)22)11-3-5-12(18)6-4-11/h3-9,20H,2,18H2,1H3,(H,21,22)/b13-7-. The third-order valence-electron chi connectivity index (χ3n) is 3.34. The molecule has 0 fully saturated rings. The maximum Gasteiger partial charge on any atom is 0.336 e. The van der Waals surface area contributed by atoms with Gasteiger partial charge in [0.15, 0.2) is 5.75 Å². The smallest absolute Gasteiger partial charge is 0.336 e. The molecular formula is C17H16N2O6. The van der Waals surface area contributed by atoms with Crippen molar-refractivity contribution in [3.63, 3.8) is 0 Å². The summed E-state index contributed by atoms with van der Waals surface area (Å²) in [5.74, 6) is -1.91. The van der Waals surface area contributed by atoms with E-state index in [-0.39, 0.29) is 23.5 Å². The minimum atomic E-state index is -1.21. The minimum absolute atomic E-state index is 0.0811. The van der Waals surface area contributed by atoms with Crippen LogP contribution in [0.25, 0.3) is 11.6 Å². The van der Waals surface area contributed by atoms with Crippen LogP contribution in [0.4, 0.5) is 11.4 Å². The van der Waals surface area contributed by atoms with Crippen molar-refractivity contribution in [2.45, 2.75) is 6.92 Å². The Bertz CT molecular complexity index is 843. The van der Waals surface area contributed by atoms with Crippen LogP contribution in [0.2, 0.25) is 0 Å². The van der Waals surface area contributed by atoms with Gasteiger partial charge in [-0.2, -0.15) is 0 Å². The lowest BCUT2D eigenvalue weighted by atomic mass is 10.0. The van der Waals surface area contributed by atoms with Crippen LogP contribution in [0.3, 0.4) is 0 Å². The van der Waals surface area contributed by atoms with Gasteiger partial charge in [0.1, 0.15) is 0 Å². The summed E-state index contributed by atoms with van der Waals surface area (Å²) in [4.78, 5) is 21.9. The number of nitrogens with zero attached hydrogens (tertiary/aromatic N) is 1. The number of aliphatic carboxylic acids is 1. The summed E-state index contributed by atoms with van der Waals surface area (Å²) < 4.78 is 5.18. The second-order valence-electron chi connectivity index (χ2n) is 5.06. The van der Waals surface area contributed by atoms with Gasteiger partial charge in [-0.05, 0) is 42.3 Å². The highest BCUT2D eigenvalue weighted by Gasteiger charge is 2.20. The number of nitro groups is 1. The summed E-state index contributed by atoms with van der Waals surface area (Å²) in [7, 11) is 0. The van der Waals surface area contributed by atoms with Crippen LogP contribution in [0.15, 0.2) is 36.4 Å². The van der Waals surface area contributed by atoms with Crippen molar-refractivity contribution in [1.82, 2.24) is 0 Å². The fourth-order valence-corrected chi connectivity index (χ4v) is 2.20. The van der Waals surface area contributed by atoms with Gasteiger partial charge < -0.3 is 20.7 Å². The zero-order valence-electron chi connectivity index (χ0n) is 13.3. The molecule has 0 saturated heterocycles. The van der Waals surface area contributed by atoms with Crippen LogP contribution < -0.4 is 10.5 Å². The summed E-state index contributed by atoms with van der Waals surface area (Å²) in [6.07, 6.45) is 1.27. The minimum Gasteiger partial charge on any atom is -0.500 e. The third kappa shape index (κ3) is 4.05. The number of benzene rings is 2. The molecule has 0 aliphatic heterocycles. The molecule has 25 heavy (non-hydrogen) atoms. The van der Waals surface area contributed by atoms with E-state index in [9.17, 15) is 25.1 Å². The van der Waals surface area contributed by atoms with E-state index in [1.54, 1.807) is 19.1 Å². The summed E-state index contributed by atoms with van der Waals surface area (Å²) >= 11 is 0. The molecule has 8 nitrogen and oxygen atoms in total. The molecule has 0 aliphatic carbocycles. The van der Waals surface area contributed by atoms with Gasteiger partial charge in [-0.1, -0.05) is 12.1 Å². The Morgan fingerprint density at radius 2 is 1.96 bits per heavy atom. The topological polar surface area (TPSA) is 136 Å². The molecule has 0 radical (unpaired) electrons. The lowest BCUT2D eigenvalue weighted by Crippen LogP contribution is -2.01. The van der Waals surface area contributed by atoms with E-state index >= 15 is 0 Å². The highest BCUT2D eigenvalue weighted by atomic mass is 16.6. The number of hydrogen-bond acceptors (Lipinski definition) is 6. The van der Waals surface area contributed by atoms with Gasteiger partial charge in [-0.15, -0.1) is 0 Å². The van der Waals surface area contributed by atoms with Gasteiger partial charge in [0.05, 0.1) is 17.1 Å². The summed E-state index contributed by atoms with van der Waals surface area (Å²) in [6, 6.07) is 8.60. The van der Waals surface area contributed by atoms with Gasteiger partial charge in [-0.3, -0.25) is 10.1 Å². The highest BCUT2D eigenvalue weighted by Crippen LogP contribution is 2.38. The van der Waals surface area contributed by atoms with Crippen LogP contribution in [-0.4, -0.2) is 27.7 Å². The molecule has 130 valence electrons. The Kier molecular flexibility index (Phi) is 5.23. The number of carboxylic acids is 1. The van der Waals surface area contributed by atoms with Crippen molar-refractivity contribution in [3.8, 4) is 11.5 Å². The molecule has 4 N–H and O–H groups in total. The maximum atomic E-state index is 11.6. The van der Waals surface area contributed by atoms with Gasteiger partial charge in [-0.25, -0.2) is 4.79 Å². The predicted octanol–water partition coefficient (Wildman–Crippen LogP) is 2.91. The van der Waals surface area contributed by atoms with E-state index < -0.39 is 22.3 Å². The second kappa shape index (κ2) is 7.35. The number of phenols is 1.